The SMILES string of the molecule is Cc1cccc(C(=O)N[C@@H]2COC[C@H]2CS(=O)(=O)N(C)C)n1. The van der Waals surface area contributed by atoms with Crippen molar-refractivity contribution in [2.24, 2.45) is 5.92 Å². The number of nitrogens with zero attached hydrogens (tertiary/aromatic N) is 2. The van der Waals surface area contributed by atoms with Crippen LogP contribution in [0.25, 0.3) is 0 Å². The van der Waals surface area contributed by atoms with Crippen LogP contribution in [0.15, 0.2) is 18.2 Å². The van der Waals surface area contributed by atoms with Gasteiger partial charge in [0.05, 0.1) is 25.0 Å². The Balaban J connectivity index is 2.04. The van der Waals surface area contributed by atoms with Gasteiger partial charge in [0.15, 0.2) is 0 Å². The molecule has 2 heterocycles. The number of nitrogens with one attached hydrogen (secondary N) is 1. The average Bonchev–Trinajstić information content (AvgIpc) is 2.85. The van der Waals surface area contributed by atoms with Gasteiger partial charge in [0.25, 0.3) is 5.91 Å². The first kappa shape index (κ1) is 16.9. The largest absolute Gasteiger partial charge is 0.379 e. The Morgan fingerprint density at radius 1 is 1.41 bits per heavy atom. The van der Waals surface area contributed by atoms with Crippen LogP contribution < -0.4 is 5.32 Å². The highest BCUT2D eigenvalue weighted by Crippen LogP contribution is 2.17. The van der Waals surface area contributed by atoms with Gasteiger partial charge in [0.2, 0.25) is 10.0 Å². The van der Waals surface area contributed by atoms with E-state index in [1.165, 1.54) is 18.4 Å². The van der Waals surface area contributed by atoms with Gasteiger partial charge in [-0.15, -0.1) is 0 Å². The molecule has 0 saturated carbocycles. The number of hydrogen-bond donors (Lipinski definition) is 1. The van der Waals surface area contributed by atoms with Crippen molar-refractivity contribution in [1.82, 2.24) is 14.6 Å². The van der Waals surface area contributed by atoms with E-state index in [1.807, 2.05) is 13.0 Å². The fourth-order valence-electron chi connectivity index (χ4n) is 2.25. The van der Waals surface area contributed by atoms with Gasteiger partial charge in [0.1, 0.15) is 5.69 Å². The van der Waals surface area contributed by atoms with Gasteiger partial charge in [-0.3, -0.25) is 4.79 Å². The lowest BCUT2D eigenvalue weighted by Gasteiger charge is -2.20. The molecule has 1 aliphatic heterocycles. The number of hydrogen-bond acceptors (Lipinski definition) is 5. The van der Waals surface area contributed by atoms with E-state index in [1.54, 1.807) is 12.1 Å². The lowest BCUT2D eigenvalue weighted by atomic mass is 10.1. The molecule has 1 fully saturated rings. The molecule has 1 amide bonds. The Hall–Kier alpha value is -1.51. The Bertz CT molecular complexity index is 645. The maximum absolute atomic E-state index is 12.2. The first-order valence-electron chi connectivity index (χ1n) is 7.02. The fourth-order valence-corrected chi connectivity index (χ4v) is 3.42. The minimum Gasteiger partial charge on any atom is -0.379 e. The molecule has 0 bridgehead atoms. The summed E-state index contributed by atoms with van der Waals surface area (Å²) in [5.74, 6) is -0.626. The minimum absolute atomic E-state index is 0.0494. The topological polar surface area (TPSA) is 88.6 Å². The maximum Gasteiger partial charge on any atom is 0.270 e. The van der Waals surface area contributed by atoms with E-state index < -0.39 is 10.0 Å². The second kappa shape index (κ2) is 6.72. The van der Waals surface area contributed by atoms with Crippen molar-refractivity contribution in [3.8, 4) is 0 Å². The van der Waals surface area contributed by atoms with Gasteiger partial charge in [-0.05, 0) is 19.1 Å². The molecule has 1 aliphatic rings. The number of sulfonamides is 1. The number of aryl methyl sites for hydroxylation is 1. The standard InChI is InChI=1S/C14H21N3O4S/c1-10-5-4-6-12(15-10)14(18)16-13-8-21-7-11(13)9-22(19,20)17(2)3/h4-6,11,13H,7-9H2,1-3H3,(H,16,18)/t11-,13+/m0/s1. The lowest BCUT2D eigenvalue weighted by molar-refractivity contribution is 0.0920. The maximum atomic E-state index is 12.2. The zero-order chi connectivity index (χ0) is 16.3. The number of carbonyl (C=O) groups is 1. The van der Waals surface area contributed by atoms with Crippen molar-refractivity contribution in [1.29, 1.82) is 0 Å². The summed E-state index contributed by atoms with van der Waals surface area (Å²) in [6, 6.07) is 4.87. The summed E-state index contributed by atoms with van der Waals surface area (Å²) in [5, 5.41) is 2.82. The molecule has 0 radical (unpaired) electrons. The first-order valence-corrected chi connectivity index (χ1v) is 8.63. The molecule has 0 aliphatic carbocycles. The predicted octanol–water partition coefficient (Wildman–Crippen LogP) is 0.0262. The Labute approximate surface area is 130 Å². The molecule has 0 spiro atoms. The van der Waals surface area contributed by atoms with E-state index in [0.29, 0.717) is 18.9 Å². The molecule has 7 nitrogen and oxygen atoms in total. The van der Waals surface area contributed by atoms with Crippen molar-refractivity contribution in [3.05, 3.63) is 29.6 Å². The van der Waals surface area contributed by atoms with Crippen LogP contribution in [0.4, 0.5) is 0 Å². The second-order valence-corrected chi connectivity index (χ2v) is 7.83. The van der Waals surface area contributed by atoms with Gasteiger partial charge in [-0.25, -0.2) is 17.7 Å². The van der Waals surface area contributed by atoms with E-state index >= 15 is 0 Å². The lowest BCUT2D eigenvalue weighted by Crippen LogP contribution is -2.43. The molecule has 1 aromatic heterocycles. The van der Waals surface area contributed by atoms with Crippen molar-refractivity contribution in [2.75, 3.05) is 33.1 Å². The third-order valence-electron chi connectivity index (χ3n) is 3.62. The molecule has 122 valence electrons. The molecule has 8 heteroatoms. The summed E-state index contributed by atoms with van der Waals surface area (Å²) < 4.78 is 30.5. The number of aromatic nitrogens is 1. The van der Waals surface area contributed by atoms with Crippen molar-refractivity contribution < 1.29 is 17.9 Å². The highest BCUT2D eigenvalue weighted by Gasteiger charge is 2.34. The van der Waals surface area contributed by atoms with Crippen molar-refractivity contribution >= 4 is 15.9 Å². The van der Waals surface area contributed by atoms with Crippen LogP contribution in [0.1, 0.15) is 16.2 Å². The zero-order valence-electron chi connectivity index (χ0n) is 12.9. The molecule has 1 aromatic rings. The molecule has 0 unspecified atom stereocenters. The molecule has 2 atom stereocenters. The van der Waals surface area contributed by atoms with Gasteiger partial charge in [-0.1, -0.05) is 6.07 Å². The number of ether oxygens (including phenoxy) is 1. The smallest absolute Gasteiger partial charge is 0.270 e. The van der Waals surface area contributed by atoms with Crippen LogP contribution in [-0.4, -0.2) is 62.7 Å². The summed E-state index contributed by atoms with van der Waals surface area (Å²) in [6.45, 7) is 2.44. The van der Waals surface area contributed by atoms with Crippen LogP contribution in [0.3, 0.4) is 0 Å². The zero-order valence-corrected chi connectivity index (χ0v) is 13.8. The number of rotatable bonds is 5. The fraction of sp³-hybridized carbons (Fsp3) is 0.571. The van der Waals surface area contributed by atoms with Gasteiger partial charge < -0.3 is 10.1 Å². The summed E-state index contributed by atoms with van der Waals surface area (Å²) >= 11 is 0. The molecule has 1 N–H and O–H groups in total. The third kappa shape index (κ3) is 4.02. The predicted molar refractivity (Wildman–Crippen MR) is 82.0 cm³/mol. The molecular formula is C14H21N3O4S. The second-order valence-electron chi connectivity index (χ2n) is 5.60. The molecule has 22 heavy (non-hydrogen) atoms. The van der Waals surface area contributed by atoms with Gasteiger partial charge in [-0.2, -0.15) is 0 Å². The monoisotopic (exact) mass is 327 g/mol. The summed E-state index contributed by atoms with van der Waals surface area (Å²) in [5.41, 5.74) is 1.07. The van der Waals surface area contributed by atoms with Crippen molar-refractivity contribution in [3.63, 3.8) is 0 Å². The normalized spacial score (nSPS) is 22.0. The van der Waals surface area contributed by atoms with E-state index in [4.69, 9.17) is 4.74 Å². The van der Waals surface area contributed by atoms with Gasteiger partial charge >= 0.3 is 0 Å². The van der Waals surface area contributed by atoms with E-state index in [0.717, 1.165) is 5.69 Å². The minimum atomic E-state index is -3.34. The molecular weight excluding hydrogens is 306 g/mol. The van der Waals surface area contributed by atoms with Crippen LogP contribution in [0.5, 0.6) is 0 Å². The van der Waals surface area contributed by atoms with Crippen LogP contribution in [0, 0.1) is 12.8 Å². The highest BCUT2D eigenvalue weighted by atomic mass is 32.2. The first-order chi connectivity index (χ1) is 10.3. The summed E-state index contributed by atoms with van der Waals surface area (Å²) in [6.07, 6.45) is 0. The summed E-state index contributed by atoms with van der Waals surface area (Å²) in [4.78, 5) is 16.4. The number of carbonyl (C=O) groups excluding carboxylic acids is 1. The molecule has 1 saturated heterocycles. The van der Waals surface area contributed by atoms with E-state index in [-0.39, 0.29) is 23.6 Å². The van der Waals surface area contributed by atoms with Crippen molar-refractivity contribution in [2.45, 2.75) is 13.0 Å². The Kier molecular flexibility index (Phi) is 5.15. The number of pyridine rings is 1. The summed E-state index contributed by atoms with van der Waals surface area (Å²) in [7, 11) is -0.344. The third-order valence-corrected chi connectivity index (χ3v) is 5.58. The van der Waals surface area contributed by atoms with Crippen LogP contribution >= 0.6 is 0 Å². The van der Waals surface area contributed by atoms with Crippen LogP contribution in [-0.2, 0) is 14.8 Å². The van der Waals surface area contributed by atoms with E-state index in [9.17, 15) is 13.2 Å². The highest BCUT2D eigenvalue weighted by molar-refractivity contribution is 7.89. The molecule has 0 aromatic carbocycles. The van der Waals surface area contributed by atoms with Crippen LogP contribution in [0.2, 0.25) is 0 Å². The molecule has 2 rings (SSSR count). The Morgan fingerprint density at radius 2 is 2.14 bits per heavy atom. The number of amides is 1. The van der Waals surface area contributed by atoms with E-state index in [2.05, 4.69) is 10.3 Å². The average molecular weight is 327 g/mol. The quantitative estimate of drug-likeness (QED) is 0.824. The van der Waals surface area contributed by atoms with Gasteiger partial charge in [0, 0.05) is 25.7 Å². The Morgan fingerprint density at radius 3 is 2.77 bits per heavy atom.